The minimum Gasteiger partial charge on any atom is -0.490 e. The van der Waals surface area contributed by atoms with Crippen LogP contribution in [0.5, 0.6) is 17.2 Å². The number of thiazole rings is 1. The summed E-state index contributed by atoms with van der Waals surface area (Å²) in [6.07, 6.45) is 5.13. The molecule has 0 N–H and O–H groups in total. The Morgan fingerprint density at radius 3 is 2.65 bits per heavy atom. The molecule has 1 saturated heterocycles. The number of benzene rings is 2. The topological polar surface area (TPSA) is 60.9 Å². The van der Waals surface area contributed by atoms with E-state index in [0.717, 1.165) is 46.4 Å². The fraction of sp³-hybridized carbons (Fsp3) is 0.333. The fourth-order valence-corrected chi connectivity index (χ4v) is 4.41. The Hall–Kier alpha value is -3.32. The maximum atomic E-state index is 12.7. The maximum absolute atomic E-state index is 12.7. The summed E-state index contributed by atoms with van der Waals surface area (Å²) in [5, 5.41) is 3.03. The first-order chi connectivity index (χ1) is 16.6. The highest BCUT2D eigenvalue weighted by Gasteiger charge is 2.23. The van der Waals surface area contributed by atoms with Gasteiger partial charge in [0.1, 0.15) is 18.5 Å². The fourth-order valence-electron chi connectivity index (χ4n) is 3.81. The van der Waals surface area contributed by atoms with Crippen molar-refractivity contribution in [2.75, 3.05) is 19.7 Å². The third-order valence-corrected chi connectivity index (χ3v) is 6.35. The molecule has 0 radical (unpaired) electrons. The number of hydrogen-bond donors (Lipinski definition) is 0. The van der Waals surface area contributed by atoms with Crippen molar-refractivity contribution in [2.24, 2.45) is 0 Å². The Balaban J connectivity index is 1.26. The average Bonchev–Trinajstić information content (AvgIpc) is 3.28. The van der Waals surface area contributed by atoms with E-state index in [0.29, 0.717) is 26.3 Å². The van der Waals surface area contributed by atoms with Crippen LogP contribution in [0.3, 0.4) is 0 Å². The summed E-state index contributed by atoms with van der Waals surface area (Å²) < 4.78 is 17.7. The molecule has 1 aromatic heterocycles. The van der Waals surface area contributed by atoms with Crippen LogP contribution in [0.2, 0.25) is 0 Å². The van der Waals surface area contributed by atoms with E-state index in [1.54, 1.807) is 17.4 Å². The van der Waals surface area contributed by atoms with Crippen LogP contribution in [0.25, 0.3) is 6.08 Å². The number of aryl methyl sites for hydroxylation is 1. The third kappa shape index (κ3) is 6.60. The minimum atomic E-state index is 0.0115. The predicted octanol–water partition coefficient (Wildman–Crippen LogP) is 5.51. The van der Waals surface area contributed by atoms with E-state index >= 15 is 0 Å². The summed E-state index contributed by atoms with van der Waals surface area (Å²) in [5.74, 6) is 2.29. The molecule has 178 valence electrons. The van der Waals surface area contributed by atoms with Gasteiger partial charge in [-0.15, -0.1) is 11.3 Å². The molecule has 0 bridgehead atoms. The number of para-hydroxylation sites is 2. The van der Waals surface area contributed by atoms with Gasteiger partial charge in [0.05, 0.1) is 17.3 Å². The first-order valence-electron chi connectivity index (χ1n) is 11.6. The number of aromatic nitrogens is 1. The van der Waals surface area contributed by atoms with Crippen molar-refractivity contribution in [3.05, 3.63) is 76.3 Å². The van der Waals surface area contributed by atoms with Crippen molar-refractivity contribution >= 4 is 23.3 Å². The normalized spacial score (nSPS) is 14.4. The molecule has 1 amide bonds. The van der Waals surface area contributed by atoms with Gasteiger partial charge in [0, 0.05) is 37.4 Å². The Labute approximate surface area is 204 Å². The second-order valence-electron chi connectivity index (χ2n) is 8.07. The van der Waals surface area contributed by atoms with E-state index < -0.39 is 0 Å². The van der Waals surface area contributed by atoms with Crippen LogP contribution in [-0.2, 0) is 11.4 Å². The molecule has 0 aliphatic carbocycles. The monoisotopic (exact) mass is 478 g/mol. The van der Waals surface area contributed by atoms with Gasteiger partial charge in [0.25, 0.3) is 0 Å². The molecule has 0 atom stereocenters. The van der Waals surface area contributed by atoms with Crippen LogP contribution in [0.4, 0.5) is 0 Å². The van der Waals surface area contributed by atoms with Gasteiger partial charge < -0.3 is 19.1 Å². The number of likely N-dealkylation sites (tertiary alicyclic amines) is 1. The zero-order valence-electron chi connectivity index (χ0n) is 19.6. The Kier molecular flexibility index (Phi) is 8.20. The quantitative estimate of drug-likeness (QED) is 0.380. The van der Waals surface area contributed by atoms with Crippen LogP contribution >= 0.6 is 11.3 Å². The maximum Gasteiger partial charge on any atom is 0.246 e. The Morgan fingerprint density at radius 1 is 1.12 bits per heavy atom. The summed E-state index contributed by atoms with van der Waals surface area (Å²) in [4.78, 5) is 19.0. The van der Waals surface area contributed by atoms with Gasteiger partial charge in [-0.2, -0.15) is 0 Å². The van der Waals surface area contributed by atoms with Gasteiger partial charge in [0.2, 0.25) is 5.91 Å². The lowest BCUT2D eigenvalue weighted by Crippen LogP contribution is -2.41. The van der Waals surface area contributed by atoms with E-state index in [1.165, 1.54) is 0 Å². The second kappa shape index (κ2) is 11.7. The van der Waals surface area contributed by atoms with E-state index in [4.69, 9.17) is 14.2 Å². The Bertz CT molecular complexity index is 1120. The molecule has 34 heavy (non-hydrogen) atoms. The van der Waals surface area contributed by atoms with Gasteiger partial charge in [-0.1, -0.05) is 24.3 Å². The lowest BCUT2D eigenvalue weighted by molar-refractivity contribution is -0.127. The van der Waals surface area contributed by atoms with Crippen LogP contribution < -0.4 is 14.2 Å². The predicted molar refractivity (Wildman–Crippen MR) is 134 cm³/mol. The third-order valence-electron chi connectivity index (χ3n) is 5.53. The van der Waals surface area contributed by atoms with E-state index in [2.05, 4.69) is 4.98 Å². The van der Waals surface area contributed by atoms with E-state index in [9.17, 15) is 4.79 Å². The number of nitrogens with zero attached hydrogens (tertiary/aromatic N) is 2. The van der Waals surface area contributed by atoms with Crippen molar-refractivity contribution in [1.82, 2.24) is 9.88 Å². The lowest BCUT2D eigenvalue weighted by atomic mass is 10.1. The molecule has 2 aromatic carbocycles. The number of amides is 1. The second-order valence-corrected chi connectivity index (χ2v) is 9.14. The van der Waals surface area contributed by atoms with Crippen molar-refractivity contribution in [3.8, 4) is 17.2 Å². The molecule has 1 fully saturated rings. The van der Waals surface area contributed by atoms with Crippen molar-refractivity contribution in [2.45, 2.75) is 39.4 Å². The molecular formula is C27H30N2O4S. The van der Waals surface area contributed by atoms with Gasteiger partial charge in [-0.25, -0.2) is 4.98 Å². The molecule has 4 rings (SSSR count). The van der Waals surface area contributed by atoms with Gasteiger partial charge in [-0.3, -0.25) is 4.79 Å². The van der Waals surface area contributed by atoms with Crippen LogP contribution in [0.15, 0.2) is 60.0 Å². The highest BCUT2D eigenvalue weighted by Crippen LogP contribution is 2.29. The first-order valence-corrected chi connectivity index (χ1v) is 12.5. The van der Waals surface area contributed by atoms with Crippen LogP contribution in [0.1, 0.15) is 36.0 Å². The highest BCUT2D eigenvalue weighted by atomic mass is 32.1. The Morgan fingerprint density at radius 2 is 1.91 bits per heavy atom. The summed E-state index contributed by atoms with van der Waals surface area (Å²) in [7, 11) is 0. The highest BCUT2D eigenvalue weighted by molar-refractivity contribution is 7.09. The summed E-state index contributed by atoms with van der Waals surface area (Å²) in [5.41, 5.74) is 1.85. The molecule has 3 aromatic rings. The molecule has 0 unspecified atom stereocenters. The smallest absolute Gasteiger partial charge is 0.246 e. The van der Waals surface area contributed by atoms with Gasteiger partial charge in [-0.05, 0) is 49.8 Å². The number of hydrogen-bond acceptors (Lipinski definition) is 6. The summed E-state index contributed by atoms with van der Waals surface area (Å²) in [6.45, 7) is 6.30. The lowest BCUT2D eigenvalue weighted by Gasteiger charge is -2.31. The molecular weight excluding hydrogens is 448 g/mol. The van der Waals surface area contributed by atoms with Crippen molar-refractivity contribution in [1.29, 1.82) is 0 Å². The van der Waals surface area contributed by atoms with Crippen LogP contribution in [0, 0.1) is 6.92 Å². The largest absolute Gasteiger partial charge is 0.490 e. The first kappa shape index (κ1) is 23.8. The number of carbonyl (C=O) groups excluding carboxylic acids is 1. The molecule has 2 heterocycles. The molecule has 7 heteroatoms. The molecule has 6 nitrogen and oxygen atoms in total. The molecule has 0 spiro atoms. The summed E-state index contributed by atoms with van der Waals surface area (Å²) in [6, 6.07) is 15.5. The number of carbonyl (C=O) groups is 1. The molecule has 1 aliphatic rings. The number of ether oxygens (including phenoxy) is 3. The SMILES string of the molecule is CCOc1ccccc1OC1CCN(C(=O)/C=C/c2cccc(OCc3csc(C)n3)c2)CC1. The van der Waals surface area contributed by atoms with E-state index in [1.807, 2.05) is 78.7 Å². The minimum absolute atomic E-state index is 0.0115. The zero-order valence-corrected chi connectivity index (χ0v) is 20.4. The average molecular weight is 479 g/mol. The molecule has 0 saturated carbocycles. The van der Waals surface area contributed by atoms with Crippen molar-refractivity contribution < 1.29 is 19.0 Å². The number of rotatable bonds is 9. The molecule has 1 aliphatic heterocycles. The van der Waals surface area contributed by atoms with Gasteiger partial charge in [0.15, 0.2) is 11.5 Å². The number of piperidine rings is 1. The standard InChI is InChI=1S/C27H30N2O4S/c1-3-31-25-9-4-5-10-26(25)33-23-13-15-29(16-14-23)27(30)12-11-21-7-6-8-24(17-21)32-18-22-19-34-20(2)28-22/h4-12,17,19,23H,3,13-16,18H2,1-2H3/b12-11+. The van der Waals surface area contributed by atoms with Crippen LogP contribution in [-0.4, -0.2) is 41.6 Å². The zero-order chi connectivity index (χ0) is 23.8. The van der Waals surface area contributed by atoms with Gasteiger partial charge >= 0.3 is 0 Å². The van der Waals surface area contributed by atoms with Crippen molar-refractivity contribution in [3.63, 3.8) is 0 Å². The summed E-state index contributed by atoms with van der Waals surface area (Å²) >= 11 is 1.61. The van der Waals surface area contributed by atoms with E-state index in [-0.39, 0.29) is 12.0 Å².